The molecule has 2 fully saturated rings. The van der Waals surface area contributed by atoms with Crippen molar-refractivity contribution in [2.45, 2.75) is 59.4 Å². The number of H-pyrrole nitrogens is 1. The van der Waals surface area contributed by atoms with Crippen molar-refractivity contribution in [1.82, 2.24) is 14.2 Å². The molecule has 2 heterocycles. The number of nitrogens with one attached hydrogen (secondary N) is 3. The molecule has 0 radical (unpaired) electrons. The zero-order chi connectivity index (χ0) is 30.4. The Morgan fingerprint density at radius 3 is 2.48 bits per heavy atom. The topological polar surface area (TPSA) is 101 Å². The van der Waals surface area contributed by atoms with Crippen molar-refractivity contribution in [3.8, 4) is 0 Å². The predicted molar refractivity (Wildman–Crippen MR) is 169 cm³/mol. The van der Waals surface area contributed by atoms with Crippen molar-refractivity contribution in [2.75, 3.05) is 35.1 Å². The van der Waals surface area contributed by atoms with Gasteiger partial charge in [-0.1, -0.05) is 26.0 Å². The lowest BCUT2D eigenvalue weighted by Crippen LogP contribution is -2.33. The number of aromatic nitrogens is 1. The number of halogens is 1. The molecule has 0 unspecified atom stereocenters. The van der Waals surface area contributed by atoms with Crippen molar-refractivity contribution in [3.05, 3.63) is 75.3 Å². The number of carbonyl (C=O) groups is 2. The van der Waals surface area contributed by atoms with Gasteiger partial charge in [0.25, 0.3) is 11.5 Å². The molecule has 0 bridgehead atoms. The molecule has 0 atom stereocenters. The molecule has 1 saturated heterocycles. The van der Waals surface area contributed by atoms with Crippen molar-refractivity contribution < 1.29 is 14.0 Å². The fourth-order valence-corrected chi connectivity index (χ4v) is 5.61. The highest BCUT2D eigenvalue weighted by atomic mass is 32.2. The van der Waals surface area contributed by atoms with Crippen LogP contribution >= 0.6 is 12.1 Å². The van der Waals surface area contributed by atoms with Crippen molar-refractivity contribution in [2.24, 2.45) is 0 Å². The predicted octanol–water partition coefficient (Wildman–Crippen LogP) is 6.50. The summed E-state index contributed by atoms with van der Waals surface area (Å²) in [7, 11) is 1.70. The van der Waals surface area contributed by atoms with Crippen LogP contribution in [0.25, 0.3) is 0 Å². The number of hydrogen-bond acceptors (Lipinski definition) is 7. The standard InChI is InChI=1S/C29H33FN6O3S.C2H6/c1-18-9-12-24(23(30)15-18)31-27-25(29(39)34(3)21-10-11-21)26(19(2)28(38)32-27)36(17-37)22-8-6-7-20(16-22)33-40-35-13-4-5-14-35;1-2/h6-9,12,15-17,21,33H,4-5,10-11,13-14H2,1-3H3,(H2,31,32,38);1-2H3. The van der Waals surface area contributed by atoms with E-state index in [1.54, 1.807) is 56.1 Å². The molecule has 1 aromatic heterocycles. The number of pyridine rings is 1. The summed E-state index contributed by atoms with van der Waals surface area (Å²) >= 11 is 1.51. The van der Waals surface area contributed by atoms with Crippen molar-refractivity contribution >= 4 is 53.0 Å². The SMILES string of the molecule is CC.Cc1ccc(Nc2[nH]c(=O)c(C)c(N(C=O)c3cccc(NSN4CCCC4)c3)c2C(=O)N(C)C2CC2)c(F)c1. The maximum Gasteiger partial charge on any atom is 0.259 e. The molecule has 2 aliphatic rings. The lowest BCUT2D eigenvalue weighted by Gasteiger charge is -2.27. The van der Waals surface area contributed by atoms with Crippen LogP contribution in [0, 0.1) is 19.7 Å². The summed E-state index contributed by atoms with van der Waals surface area (Å²) in [6, 6.07) is 11.9. The molecule has 224 valence electrons. The lowest BCUT2D eigenvalue weighted by atomic mass is 10.1. The van der Waals surface area contributed by atoms with Gasteiger partial charge in [-0.15, -0.1) is 0 Å². The van der Waals surface area contributed by atoms with Crippen LogP contribution in [0.2, 0.25) is 0 Å². The van der Waals surface area contributed by atoms with Gasteiger partial charge in [-0.05, 0) is 75.4 Å². The first-order valence-electron chi connectivity index (χ1n) is 14.4. The van der Waals surface area contributed by atoms with Gasteiger partial charge in [-0.25, -0.2) is 8.70 Å². The number of anilines is 5. The number of rotatable bonds is 10. The Hall–Kier alpha value is -3.83. The molecule has 11 heteroatoms. The summed E-state index contributed by atoms with van der Waals surface area (Å²) in [6.45, 7) is 9.34. The van der Waals surface area contributed by atoms with Gasteiger partial charge in [0, 0.05) is 49.6 Å². The molecule has 1 saturated carbocycles. The van der Waals surface area contributed by atoms with E-state index in [-0.39, 0.29) is 40.3 Å². The Morgan fingerprint density at radius 2 is 1.83 bits per heavy atom. The molecule has 1 aliphatic heterocycles. The van der Waals surface area contributed by atoms with Crippen LogP contribution < -0.4 is 20.5 Å². The fraction of sp³-hybridized carbons (Fsp3) is 0.387. The third-order valence-corrected chi connectivity index (χ3v) is 8.21. The van der Waals surface area contributed by atoms with Crippen LogP contribution in [0.3, 0.4) is 0 Å². The first-order valence-corrected chi connectivity index (χ1v) is 15.1. The number of carbonyl (C=O) groups excluding carboxylic acids is 2. The molecular weight excluding hydrogens is 555 g/mol. The Kier molecular flexibility index (Phi) is 10.3. The number of nitrogens with zero attached hydrogens (tertiary/aromatic N) is 3. The molecule has 3 aromatic rings. The van der Waals surface area contributed by atoms with E-state index in [9.17, 15) is 18.8 Å². The van der Waals surface area contributed by atoms with Crippen molar-refractivity contribution in [3.63, 3.8) is 0 Å². The Bertz CT molecular complexity index is 1490. The van der Waals surface area contributed by atoms with Crippen LogP contribution in [0.5, 0.6) is 0 Å². The first-order chi connectivity index (χ1) is 20.3. The van der Waals surface area contributed by atoms with Crippen LogP contribution in [0.1, 0.15) is 61.0 Å². The van der Waals surface area contributed by atoms with E-state index < -0.39 is 11.4 Å². The molecule has 9 nitrogen and oxygen atoms in total. The summed E-state index contributed by atoms with van der Waals surface area (Å²) in [5.41, 5.74) is 2.01. The molecule has 3 N–H and O–H groups in total. The van der Waals surface area contributed by atoms with Gasteiger partial charge in [0.15, 0.2) is 0 Å². The number of benzene rings is 2. The van der Waals surface area contributed by atoms with Crippen LogP contribution in [0.15, 0.2) is 47.3 Å². The molecule has 42 heavy (non-hydrogen) atoms. The van der Waals surface area contributed by atoms with E-state index in [4.69, 9.17) is 0 Å². The average Bonchev–Trinajstić information content (AvgIpc) is 3.71. The lowest BCUT2D eigenvalue weighted by molar-refractivity contribution is -0.106. The molecule has 0 spiro atoms. The van der Waals surface area contributed by atoms with Gasteiger partial charge >= 0.3 is 0 Å². The van der Waals surface area contributed by atoms with Gasteiger partial charge in [-0.3, -0.25) is 19.3 Å². The van der Waals surface area contributed by atoms with Gasteiger partial charge in [-0.2, -0.15) is 0 Å². The molecule has 2 amide bonds. The van der Waals surface area contributed by atoms with E-state index in [0.717, 1.165) is 50.0 Å². The number of amides is 2. The molecule has 5 rings (SSSR count). The summed E-state index contributed by atoms with van der Waals surface area (Å²) in [5.74, 6) is -0.882. The third kappa shape index (κ3) is 6.96. The summed E-state index contributed by atoms with van der Waals surface area (Å²) < 4.78 is 20.4. The Balaban J connectivity index is 0.00000198. The first kappa shape index (κ1) is 31.1. The van der Waals surface area contributed by atoms with E-state index in [1.165, 1.54) is 23.1 Å². The van der Waals surface area contributed by atoms with Crippen LogP contribution in [-0.2, 0) is 4.79 Å². The highest BCUT2D eigenvalue weighted by molar-refractivity contribution is 7.98. The van der Waals surface area contributed by atoms with Gasteiger partial charge in [0.05, 0.1) is 17.1 Å². The average molecular weight is 595 g/mol. The number of hydrogen-bond donors (Lipinski definition) is 3. The minimum absolute atomic E-state index is 0.0246. The van der Waals surface area contributed by atoms with E-state index in [0.29, 0.717) is 12.1 Å². The summed E-state index contributed by atoms with van der Waals surface area (Å²) in [5, 5.41) is 2.92. The minimum atomic E-state index is -0.529. The third-order valence-electron chi connectivity index (χ3n) is 7.26. The number of aryl methyl sites for hydroxylation is 1. The summed E-state index contributed by atoms with van der Waals surface area (Å²) in [4.78, 5) is 45.4. The van der Waals surface area contributed by atoms with E-state index >= 15 is 0 Å². The fourth-order valence-electron chi connectivity index (χ4n) is 4.81. The van der Waals surface area contributed by atoms with Gasteiger partial charge in [0.2, 0.25) is 6.41 Å². The zero-order valence-electron chi connectivity index (χ0n) is 24.8. The molecular formula is C31H39FN6O3S. The minimum Gasteiger partial charge on any atom is -0.339 e. The quantitative estimate of drug-likeness (QED) is 0.182. The number of aromatic amines is 1. The second-order valence-corrected chi connectivity index (χ2v) is 11.2. The second kappa shape index (κ2) is 13.9. The normalized spacial score (nSPS) is 14.5. The highest BCUT2D eigenvalue weighted by Crippen LogP contribution is 2.37. The van der Waals surface area contributed by atoms with Crippen LogP contribution in [0.4, 0.5) is 33.0 Å². The monoisotopic (exact) mass is 594 g/mol. The molecule has 1 aliphatic carbocycles. The van der Waals surface area contributed by atoms with E-state index in [2.05, 4.69) is 19.3 Å². The Morgan fingerprint density at radius 1 is 1.12 bits per heavy atom. The largest absolute Gasteiger partial charge is 0.339 e. The zero-order valence-corrected chi connectivity index (χ0v) is 25.6. The maximum atomic E-state index is 14.8. The highest BCUT2D eigenvalue weighted by Gasteiger charge is 2.35. The van der Waals surface area contributed by atoms with Crippen molar-refractivity contribution in [1.29, 1.82) is 0 Å². The summed E-state index contributed by atoms with van der Waals surface area (Å²) in [6.07, 6.45) is 4.65. The molecule has 2 aromatic carbocycles. The van der Waals surface area contributed by atoms with Gasteiger partial charge < -0.3 is 19.9 Å². The smallest absolute Gasteiger partial charge is 0.259 e. The Labute approximate surface area is 250 Å². The van der Waals surface area contributed by atoms with Gasteiger partial charge in [0.1, 0.15) is 17.2 Å². The maximum absolute atomic E-state index is 14.8. The van der Waals surface area contributed by atoms with E-state index in [1.807, 2.05) is 19.9 Å². The van der Waals surface area contributed by atoms with Crippen LogP contribution in [-0.4, -0.2) is 52.7 Å². The second-order valence-electron chi connectivity index (χ2n) is 10.3.